The lowest BCUT2D eigenvalue weighted by atomic mass is 9.94. The molecule has 1 unspecified atom stereocenters. The van der Waals surface area contributed by atoms with Gasteiger partial charge in [0.1, 0.15) is 30.1 Å². The zero-order valence-electron chi connectivity index (χ0n) is 20.5. The molecule has 0 aliphatic carbocycles. The van der Waals surface area contributed by atoms with Gasteiger partial charge in [0.15, 0.2) is 17.5 Å². The number of nitrogens with zero attached hydrogens (tertiary/aromatic N) is 5. The van der Waals surface area contributed by atoms with Crippen LogP contribution in [0.5, 0.6) is 5.75 Å². The number of imidazole rings is 1. The molecule has 9 nitrogen and oxygen atoms in total. The Morgan fingerprint density at radius 2 is 1.87 bits per heavy atom. The molecule has 1 amide bonds. The second kappa shape index (κ2) is 10.7. The van der Waals surface area contributed by atoms with Crippen LogP contribution in [0.15, 0.2) is 30.3 Å². The third kappa shape index (κ3) is 4.82. The SMILES string of the molecule is O=C(COc1ccc(N2CCOCC2)nc1Cl)N1CCc2nc3n(c2C1c1ccc(Cl)cc1F)CCOC3. The van der Waals surface area contributed by atoms with Crippen molar-refractivity contribution in [3.63, 3.8) is 0 Å². The quantitative estimate of drug-likeness (QED) is 0.440. The number of carbonyl (C=O) groups is 1. The lowest BCUT2D eigenvalue weighted by Gasteiger charge is -2.37. The van der Waals surface area contributed by atoms with Crippen LogP contribution in [0.4, 0.5) is 10.2 Å². The molecule has 0 radical (unpaired) electrons. The molecule has 1 aromatic carbocycles. The second-order valence-electron chi connectivity index (χ2n) is 9.32. The number of morpholine rings is 1. The van der Waals surface area contributed by atoms with Gasteiger partial charge in [0, 0.05) is 43.2 Å². The number of pyridine rings is 1. The van der Waals surface area contributed by atoms with E-state index in [9.17, 15) is 4.79 Å². The molecule has 3 aliphatic heterocycles. The number of hydrogen-bond donors (Lipinski definition) is 0. The zero-order chi connectivity index (χ0) is 26.2. The van der Waals surface area contributed by atoms with Crippen LogP contribution >= 0.6 is 23.2 Å². The summed E-state index contributed by atoms with van der Waals surface area (Å²) in [5.41, 5.74) is 2.01. The number of benzene rings is 1. The van der Waals surface area contributed by atoms with E-state index in [1.165, 1.54) is 6.07 Å². The third-order valence-electron chi connectivity index (χ3n) is 7.08. The van der Waals surface area contributed by atoms with Crippen molar-refractivity contribution in [1.29, 1.82) is 0 Å². The standard InChI is InChI=1S/C26H26Cl2FN5O4/c27-16-1-2-17(18(29)13-16)24-25-19(30-22-14-37-12-9-33(22)25)5-6-34(24)23(35)15-38-20-3-4-21(31-26(20)28)32-7-10-36-11-8-32/h1-4,13,24H,5-12,14-15H2. The Morgan fingerprint density at radius 1 is 1.05 bits per heavy atom. The minimum Gasteiger partial charge on any atom is -0.481 e. The lowest BCUT2D eigenvalue weighted by molar-refractivity contribution is -0.135. The van der Waals surface area contributed by atoms with E-state index in [4.69, 9.17) is 42.4 Å². The molecule has 2 aromatic heterocycles. The van der Waals surface area contributed by atoms with Gasteiger partial charge in [-0.15, -0.1) is 0 Å². The van der Waals surface area contributed by atoms with Gasteiger partial charge in [0.05, 0.1) is 31.2 Å². The molecular formula is C26H26Cl2FN5O4. The van der Waals surface area contributed by atoms with Gasteiger partial charge in [0.25, 0.3) is 5.91 Å². The molecule has 200 valence electrons. The number of hydrogen-bond acceptors (Lipinski definition) is 7. The molecule has 0 saturated carbocycles. The smallest absolute Gasteiger partial charge is 0.261 e. The number of amides is 1. The van der Waals surface area contributed by atoms with Crippen LogP contribution in [0.2, 0.25) is 10.2 Å². The van der Waals surface area contributed by atoms with Crippen molar-refractivity contribution in [2.24, 2.45) is 0 Å². The number of ether oxygens (including phenoxy) is 3. The molecule has 3 aromatic rings. The first-order chi connectivity index (χ1) is 18.5. The summed E-state index contributed by atoms with van der Waals surface area (Å²) in [6.07, 6.45) is 0.545. The Morgan fingerprint density at radius 3 is 2.66 bits per heavy atom. The highest BCUT2D eigenvalue weighted by Gasteiger charge is 2.38. The number of anilines is 1. The minimum absolute atomic E-state index is 0.174. The van der Waals surface area contributed by atoms with E-state index in [-0.39, 0.29) is 22.7 Å². The predicted octanol–water partition coefficient (Wildman–Crippen LogP) is 3.64. The molecular weight excluding hydrogens is 536 g/mol. The maximum atomic E-state index is 15.3. The molecule has 1 saturated heterocycles. The van der Waals surface area contributed by atoms with Crippen molar-refractivity contribution < 1.29 is 23.4 Å². The van der Waals surface area contributed by atoms with Crippen LogP contribution in [0.3, 0.4) is 0 Å². The van der Waals surface area contributed by atoms with Gasteiger partial charge >= 0.3 is 0 Å². The summed E-state index contributed by atoms with van der Waals surface area (Å²) in [5, 5.41) is 0.461. The number of rotatable bonds is 5. The van der Waals surface area contributed by atoms with E-state index in [1.54, 1.807) is 23.1 Å². The molecule has 5 heterocycles. The summed E-state index contributed by atoms with van der Waals surface area (Å²) in [6.45, 7) is 4.29. The fraction of sp³-hybridized carbons (Fsp3) is 0.423. The van der Waals surface area contributed by atoms with E-state index in [0.717, 1.165) is 36.1 Å². The number of aromatic nitrogens is 3. The van der Waals surface area contributed by atoms with Gasteiger partial charge in [-0.2, -0.15) is 0 Å². The Hall–Kier alpha value is -2.92. The summed E-state index contributed by atoms with van der Waals surface area (Å²) in [7, 11) is 0. The van der Waals surface area contributed by atoms with Gasteiger partial charge in [0.2, 0.25) is 0 Å². The molecule has 1 atom stereocenters. The van der Waals surface area contributed by atoms with Crippen LogP contribution in [0, 0.1) is 5.82 Å². The van der Waals surface area contributed by atoms with Crippen LogP contribution in [-0.4, -0.2) is 71.4 Å². The molecule has 1 fully saturated rings. The monoisotopic (exact) mass is 561 g/mol. The average Bonchev–Trinajstić information content (AvgIpc) is 3.31. The summed E-state index contributed by atoms with van der Waals surface area (Å²) in [5.74, 6) is 1.04. The van der Waals surface area contributed by atoms with Gasteiger partial charge in [-0.1, -0.05) is 29.3 Å². The van der Waals surface area contributed by atoms with E-state index < -0.39 is 11.9 Å². The zero-order valence-corrected chi connectivity index (χ0v) is 22.0. The topological polar surface area (TPSA) is 82.0 Å². The average molecular weight is 562 g/mol. The minimum atomic E-state index is -0.677. The molecule has 0 bridgehead atoms. The molecule has 3 aliphatic rings. The Labute approximate surface area is 229 Å². The van der Waals surface area contributed by atoms with Crippen LogP contribution in [0.1, 0.15) is 28.8 Å². The summed E-state index contributed by atoms with van der Waals surface area (Å²) < 4.78 is 34.1. The Bertz CT molecular complexity index is 1360. The first-order valence-corrected chi connectivity index (χ1v) is 13.3. The van der Waals surface area contributed by atoms with Crippen molar-refractivity contribution in [1.82, 2.24) is 19.4 Å². The van der Waals surface area contributed by atoms with Crippen molar-refractivity contribution >= 4 is 34.9 Å². The molecule has 38 heavy (non-hydrogen) atoms. The molecule has 12 heteroatoms. The van der Waals surface area contributed by atoms with Crippen LogP contribution in [0.25, 0.3) is 0 Å². The van der Waals surface area contributed by atoms with E-state index in [0.29, 0.717) is 57.3 Å². The Kier molecular flexibility index (Phi) is 7.13. The fourth-order valence-electron chi connectivity index (χ4n) is 5.26. The number of carbonyl (C=O) groups excluding carboxylic acids is 1. The molecule has 6 rings (SSSR count). The van der Waals surface area contributed by atoms with Crippen molar-refractivity contribution in [3.05, 3.63) is 69.1 Å². The molecule has 0 spiro atoms. The maximum absolute atomic E-state index is 15.3. The van der Waals surface area contributed by atoms with Gasteiger partial charge in [-0.25, -0.2) is 14.4 Å². The van der Waals surface area contributed by atoms with E-state index in [1.807, 2.05) is 10.6 Å². The van der Waals surface area contributed by atoms with Crippen molar-refractivity contribution in [3.8, 4) is 5.75 Å². The fourth-order valence-corrected chi connectivity index (χ4v) is 5.62. The largest absolute Gasteiger partial charge is 0.481 e. The predicted molar refractivity (Wildman–Crippen MR) is 138 cm³/mol. The van der Waals surface area contributed by atoms with E-state index >= 15 is 4.39 Å². The maximum Gasteiger partial charge on any atom is 0.261 e. The first kappa shape index (κ1) is 25.4. The van der Waals surface area contributed by atoms with Crippen molar-refractivity contribution in [2.45, 2.75) is 25.6 Å². The highest BCUT2D eigenvalue weighted by Crippen LogP contribution is 2.38. The summed E-state index contributed by atoms with van der Waals surface area (Å²) in [6, 6.07) is 7.38. The van der Waals surface area contributed by atoms with Gasteiger partial charge < -0.3 is 28.6 Å². The normalized spacial score (nSPS) is 19.2. The van der Waals surface area contributed by atoms with Gasteiger partial charge in [-0.3, -0.25) is 4.79 Å². The van der Waals surface area contributed by atoms with Crippen LogP contribution < -0.4 is 9.64 Å². The second-order valence-corrected chi connectivity index (χ2v) is 10.1. The number of halogens is 3. The van der Waals surface area contributed by atoms with Crippen LogP contribution in [-0.2, 0) is 33.8 Å². The number of fused-ring (bicyclic) bond motifs is 3. The highest BCUT2D eigenvalue weighted by atomic mass is 35.5. The van der Waals surface area contributed by atoms with Gasteiger partial charge in [-0.05, 0) is 24.3 Å². The first-order valence-electron chi connectivity index (χ1n) is 12.5. The van der Waals surface area contributed by atoms with E-state index in [2.05, 4.69) is 9.88 Å². The summed E-state index contributed by atoms with van der Waals surface area (Å²) in [4.78, 5) is 26.5. The lowest BCUT2D eigenvalue weighted by Crippen LogP contribution is -2.44. The summed E-state index contributed by atoms with van der Waals surface area (Å²) >= 11 is 12.4. The third-order valence-corrected chi connectivity index (χ3v) is 7.58. The Balaban J connectivity index is 1.26. The van der Waals surface area contributed by atoms with Crippen molar-refractivity contribution in [2.75, 3.05) is 51.0 Å². The highest BCUT2D eigenvalue weighted by molar-refractivity contribution is 6.31. The molecule has 0 N–H and O–H groups in total.